The van der Waals surface area contributed by atoms with Gasteiger partial charge in [-0.2, -0.15) is 8.42 Å². The molecule has 0 spiro atoms. The molecule has 0 aromatic heterocycles. The van der Waals surface area contributed by atoms with Crippen LogP contribution in [-0.4, -0.2) is 27.9 Å². The summed E-state index contributed by atoms with van der Waals surface area (Å²) in [4.78, 5) is 0. The van der Waals surface area contributed by atoms with Gasteiger partial charge in [0, 0.05) is 0 Å². The lowest BCUT2D eigenvalue weighted by Gasteiger charge is -2.35. The van der Waals surface area contributed by atoms with E-state index in [1.807, 2.05) is 91.0 Å². The second-order valence-corrected chi connectivity index (χ2v) is 7.80. The molecular weight excluding hydrogens is 360 g/mol. The van der Waals surface area contributed by atoms with Gasteiger partial charge in [0.05, 0.1) is 19.5 Å². The number of benzene rings is 3. The van der Waals surface area contributed by atoms with Crippen molar-refractivity contribution in [3.63, 3.8) is 0 Å². The summed E-state index contributed by atoms with van der Waals surface area (Å²) in [5, 5.41) is 0. The summed E-state index contributed by atoms with van der Waals surface area (Å²) in [7, 11) is -3.52. The third kappa shape index (κ3) is 4.63. The highest BCUT2D eigenvalue weighted by Gasteiger charge is 2.37. The predicted octanol–water partition coefficient (Wildman–Crippen LogP) is 3.97. The molecule has 27 heavy (non-hydrogen) atoms. The van der Waals surface area contributed by atoms with Gasteiger partial charge in [-0.15, -0.1) is 0 Å². The minimum atomic E-state index is -3.52. The molecular formula is C22H22O4S. The molecule has 0 aliphatic rings. The normalized spacial score (nSPS) is 12.0. The third-order valence-electron chi connectivity index (χ3n) is 4.24. The maximum atomic E-state index is 11.3. The Morgan fingerprint density at radius 1 is 0.667 bits per heavy atom. The SMILES string of the molecule is CS(=O)(=O)OCCOC(c1ccccc1)(c1ccccc1)c1ccccc1. The minimum Gasteiger partial charge on any atom is -0.358 e. The highest BCUT2D eigenvalue weighted by molar-refractivity contribution is 7.85. The van der Waals surface area contributed by atoms with Crippen molar-refractivity contribution in [2.24, 2.45) is 0 Å². The van der Waals surface area contributed by atoms with Gasteiger partial charge in [-0.1, -0.05) is 91.0 Å². The lowest BCUT2D eigenvalue weighted by molar-refractivity contribution is -0.00143. The zero-order chi connectivity index (χ0) is 19.2. The summed E-state index contributed by atoms with van der Waals surface area (Å²) in [5.41, 5.74) is 2.01. The van der Waals surface area contributed by atoms with Gasteiger partial charge in [-0.25, -0.2) is 0 Å². The maximum absolute atomic E-state index is 11.3. The Morgan fingerprint density at radius 2 is 1.04 bits per heavy atom. The van der Waals surface area contributed by atoms with Gasteiger partial charge in [0.15, 0.2) is 0 Å². The molecule has 0 aliphatic carbocycles. The van der Waals surface area contributed by atoms with Crippen molar-refractivity contribution < 1.29 is 17.3 Å². The van der Waals surface area contributed by atoms with Crippen LogP contribution in [0.4, 0.5) is 0 Å². The van der Waals surface area contributed by atoms with Gasteiger partial charge in [-0.3, -0.25) is 4.18 Å². The van der Waals surface area contributed by atoms with Crippen LogP contribution in [0, 0.1) is 0 Å². The molecule has 3 rings (SSSR count). The van der Waals surface area contributed by atoms with E-state index in [1.54, 1.807) is 0 Å². The summed E-state index contributed by atoms with van der Waals surface area (Å²) >= 11 is 0. The molecule has 5 heteroatoms. The quantitative estimate of drug-likeness (QED) is 0.336. The second kappa shape index (κ2) is 8.48. The van der Waals surface area contributed by atoms with Crippen LogP contribution in [-0.2, 0) is 24.6 Å². The second-order valence-electron chi connectivity index (χ2n) is 6.15. The predicted molar refractivity (Wildman–Crippen MR) is 106 cm³/mol. The molecule has 0 N–H and O–H groups in total. The van der Waals surface area contributed by atoms with E-state index >= 15 is 0 Å². The Bertz CT molecular complexity index is 843. The van der Waals surface area contributed by atoms with E-state index in [4.69, 9.17) is 8.92 Å². The van der Waals surface area contributed by atoms with Crippen LogP contribution >= 0.6 is 0 Å². The first kappa shape index (κ1) is 19.3. The van der Waals surface area contributed by atoms with E-state index in [9.17, 15) is 8.42 Å². The Balaban J connectivity index is 2.08. The fourth-order valence-corrected chi connectivity index (χ4v) is 3.52. The van der Waals surface area contributed by atoms with Gasteiger partial charge in [0.1, 0.15) is 5.60 Å². The monoisotopic (exact) mass is 382 g/mol. The van der Waals surface area contributed by atoms with Gasteiger partial charge in [0.2, 0.25) is 0 Å². The van der Waals surface area contributed by atoms with Crippen LogP contribution in [0.15, 0.2) is 91.0 Å². The van der Waals surface area contributed by atoms with Crippen LogP contribution < -0.4 is 0 Å². The van der Waals surface area contributed by atoms with E-state index in [1.165, 1.54) is 0 Å². The molecule has 0 bridgehead atoms. The van der Waals surface area contributed by atoms with Gasteiger partial charge in [0.25, 0.3) is 10.1 Å². The molecule has 140 valence electrons. The van der Waals surface area contributed by atoms with E-state index < -0.39 is 15.7 Å². The first-order valence-corrected chi connectivity index (χ1v) is 10.5. The molecule has 0 heterocycles. The van der Waals surface area contributed by atoms with Crippen LogP contribution in [0.25, 0.3) is 0 Å². The average Bonchev–Trinajstić information content (AvgIpc) is 2.70. The molecule has 3 aromatic rings. The molecule has 0 unspecified atom stereocenters. The Morgan fingerprint density at radius 3 is 1.37 bits per heavy atom. The van der Waals surface area contributed by atoms with Crippen molar-refractivity contribution in [1.82, 2.24) is 0 Å². The Kier molecular flexibility index (Phi) is 6.06. The molecule has 0 fully saturated rings. The summed E-state index contributed by atoms with van der Waals surface area (Å²) < 4.78 is 33.8. The fraction of sp³-hybridized carbons (Fsp3) is 0.182. The average molecular weight is 382 g/mol. The minimum absolute atomic E-state index is 0.0485. The first-order chi connectivity index (χ1) is 13.0. The lowest BCUT2D eigenvalue weighted by atomic mass is 9.80. The number of hydrogen-bond donors (Lipinski definition) is 0. The van der Waals surface area contributed by atoms with Gasteiger partial charge >= 0.3 is 0 Å². The van der Waals surface area contributed by atoms with Crippen LogP contribution in [0.2, 0.25) is 0 Å². The summed E-state index contributed by atoms with van der Waals surface area (Å²) in [5.74, 6) is 0. The first-order valence-electron chi connectivity index (χ1n) is 8.67. The standard InChI is InChI=1S/C22H22O4S/c1-27(23,24)26-18-17-25-22(19-11-5-2-6-12-19,20-13-7-3-8-14-20)21-15-9-4-10-16-21/h2-16H,17-18H2,1H3. The van der Waals surface area contributed by atoms with Gasteiger partial charge in [-0.05, 0) is 16.7 Å². The topological polar surface area (TPSA) is 52.6 Å². The van der Waals surface area contributed by atoms with Crippen LogP contribution in [0.5, 0.6) is 0 Å². The molecule has 0 saturated heterocycles. The van der Waals surface area contributed by atoms with E-state index in [0.29, 0.717) is 0 Å². The van der Waals surface area contributed by atoms with Crippen molar-refractivity contribution in [3.8, 4) is 0 Å². The smallest absolute Gasteiger partial charge is 0.264 e. The molecule has 0 amide bonds. The molecule has 0 radical (unpaired) electrons. The van der Waals surface area contributed by atoms with E-state index in [-0.39, 0.29) is 13.2 Å². The number of hydrogen-bond acceptors (Lipinski definition) is 4. The van der Waals surface area contributed by atoms with Gasteiger partial charge < -0.3 is 4.74 Å². The highest BCUT2D eigenvalue weighted by Crippen LogP contribution is 2.40. The van der Waals surface area contributed by atoms with Crippen molar-refractivity contribution in [3.05, 3.63) is 108 Å². The van der Waals surface area contributed by atoms with E-state index in [2.05, 4.69) is 0 Å². The molecule has 0 aliphatic heterocycles. The molecule has 4 nitrogen and oxygen atoms in total. The largest absolute Gasteiger partial charge is 0.358 e. The summed E-state index contributed by atoms with van der Waals surface area (Å²) in [6.07, 6.45) is 1.03. The fourth-order valence-electron chi connectivity index (χ4n) is 3.15. The molecule has 3 aromatic carbocycles. The van der Waals surface area contributed by atoms with E-state index in [0.717, 1.165) is 22.9 Å². The number of ether oxygens (including phenoxy) is 1. The Hall–Kier alpha value is -2.47. The van der Waals surface area contributed by atoms with Crippen LogP contribution in [0.1, 0.15) is 16.7 Å². The third-order valence-corrected chi connectivity index (χ3v) is 4.84. The Labute approximate surface area is 160 Å². The zero-order valence-electron chi connectivity index (χ0n) is 15.1. The van der Waals surface area contributed by atoms with Crippen molar-refractivity contribution in [2.45, 2.75) is 5.60 Å². The zero-order valence-corrected chi connectivity index (χ0v) is 15.9. The summed E-state index contributed by atoms with van der Waals surface area (Å²) in [6, 6.07) is 29.7. The number of rotatable bonds is 8. The lowest BCUT2D eigenvalue weighted by Crippen LogP contribution is -2.34. The maximum Gasteiger partial charge on any atom is 0.264 e. The van der Waals surface area contributed by atoms with Crippen molar-refractivity contribution in [2.75, 3.05) is 19.5 Å². The molecule has 0 saturated carbocycles. The van der Waals surface area contributed by atoms with Crippen molar-refractivity contribution in [1.29, 1.82) is 0 Å². The van der Waals surface area contributed by atoms with Crippen molar-refractivity contribution >= 4 is 10.1 Å². The highest BCUT2D eigenvalue weighted by atomic mass is 32.2. The molecule has 0 atom stereocenters. The summed E-state index contributed by atoms with van der Waals surface area (Å²) in [6.45, 7) is 0.0683. The van der Waals surface area contributed by atoms with Crippen LogP contribution in [0.3, 0.4) is 0 Å².